The minimum absolute atomic E-state index is 0.740. The summed E-state index contributed by atoms with van der Waals surface area (Å²) in [6.07, 6.45) is 1.78. The molecule has 0 spiro atoms. The molecular formula is C15H11BrN2OS. The maximum Gasteiger partial charge on any atom is 0.210 e. The van der Waals surface area contributed by atoms with Gasteiger partial charge in [-0.1, -0.05) is 39.4 Å². The molecule has 1 heterocycles. The molecule has 0 fully saturated rings. The summed E-state index contributed by atoms with van der Waals surface area (Å²) in [6, 6.07) is 13.8. The number of thiazole rings is 1. The fourth-order valence-corrected chi connectivity index (χ4v) is 3.20. The van der Waals surface area contributed by atoms with Gasteiger partial charge in [0, 0.05) is 16.3 Å². The van der Waals surface area contributed by atoms with Gasteiger partial charge >= 0.3 is 0 Å². The molecule has 0 radical (unpaired) electrons. The Hall–Kier alpha value is -1.72. The smallest absolute Gasteiger partial charge is 0.210 e. The number of hydrogen-bond acceptors (Lipinski definition) is 4. The molecule has 0 aliphatic rings. The molecule has 1 aromatic heterocycles. The Kier molecular flexibility index (Phi) is 3.80. The lowest BCUT2D eigenvalue weighted by atomic mass is 10.2. The topological polar surface area (TPSA) is 34.5 Å². The number of ether oxygens (including phenoxy) is 1. The van der Waals surface area contributed by atoms with Crippen LogP contribution < -0.4 is 4.74 Å². The Balaban J connectivity index is 1.94. The largest absolute Gasteiger partial charge is 0.496 e. The molecule has 0 unspecified atom stereocenters. The van der Waals surface area contributed by atoms with Gasteiger partial charge < -0.3 is 4.74 Å². The van der Waals surface area contributed by atoms with E-state index < -0.39 is 0 Å². The van der Waals surface area contributed by atoms with E-state index in [1.165, 1.54) is 0 Å². The molecular weight excluding hydrogens is 336 g/mol. The van der Waals surface area contributed by atoms with Crippen LogP contribution in [0.25, 0.3) is 10.2 Å². The van der Waals surface area contributed by atoms with Crippen molar-refractivity contribution in [1.82, 2.24) is 4.98 Å². The molecule has 0 aliphatic carbocycles. The van der Waals surface area contributed by atoms with Gasteiger partial charge in [-0.25, -0.2) is 9.98 Å². The number of methoxy groups -OCH3 is 1. The van der Waals surface area contributed by atoms with Gasteiger partial charge in [-0.2, -0.15) is 0 Å². The average Bonchev–Trinajstić information content (AvgIpc) is 2.87. The third kappa shape index (κ3) is 2.73. The molecule has 0 bridgehead atoms. The van der Waals surface area contributed by atoms with E-state index in [1.54, 1.807) is 24.7 Å². The number of hydrogen-bond donors (Lipinski definition) is 0. The molecule has 5 heteroatoms. The number of benzene rings is 2. The molecule has 0 saturated carbocycles. The summed E-state index contributed by atoms with van der Waals surface area (Å²) in [4.78, 5) is 8.92. The molecule has 0 amide bonds. The summed E-state index contributed by atoms with van der Waals surface area (Å²) >= 11 is 5.02. The van der Waals surface area contributed by atoms with Crippen molar-refractivity contribution in [3.63, 3.8) is 0 Å². The highest BCUT2D eigenvalue weighted by molar-refractivity contribution is 9.10. The van der Waals surface area contributed by atoms with Crippen molar-refractivity contribution < 1.29 is 4.74 Å². The second-order valence-electron chi connectivity index (χ2n) is 4.11. The fourth-order valence-electron chi connectivity index (χ4n) is 1.84. The zero-order valence-corrected chi connectivity index (χ0v) is 13.1. The van der Waals surface area contributed by atoms with E-state index in [9.17, 15) is 0 Å². The van der Waals surface area contributed by atoms with Gasteiger partial charge in [0.25, 0.3) is 0 Å². The van der Waals surface area contributed by atoms with E-state index in [0.29, 0.717) is 0 Å². The lowest BCUT2D eigenvalue weighted by Gasteiger charge is -2.01. The van der Waals surface area contributed by atoms with Crippen molar-refractivity contribution in [2.24, 2.45) is 4.99 Å². The lowest BCUT2D eigenvalue weighted by Crippen LogP contribution is -1.89. The van der Waals surface area contributed by atoms with Crippen molar-refractivity contribution in [3.05, 3.63) is 52.5 Å². The van der Waals surface area contributed by atoms with E-state index in [4.69, 9.17) is 4.74 Å². The Morgan fingerprint density at radius 2 is 2.10 bits per heavy atom. The Morgan fingerprint density at radius 1 is 1.25 bits per heavy atom. The molecule has 20 heavy (non-hydrogen) atoms. The van der Waals surface area contributed by atoms with E-state index in [0.717, 1.165) is 31.1 Å². The summed E-state index contributed by atoms with van der Waals surface area (Å²) in [5.74, 6) is 0.806. The Labute approximate surface area is 129 Å². The van der Waals surface area contributed by atoms with Crippen LogP contribution in [0.2, 0.25) is 0 Å². The first kappa shape index (κ1) is 13.3. The summed E-state index contributed by atoms with van der Waals surface area (Å²) in [5.41, 5.74) is 1.90. The van der Waals surface area contributed by atoms with Gasteiger partial charge in [0.1, 0.15) is 5.75 Å². The third-order valence-electron chi connectivity index (χ3n) is 2.79. The van der Waals surface area contributed by atoms with Crippen LogP contribution in [-0.4, -0.2) is 18.3 Å². The second kappa shape index (κ2) is 5.73. The van der Waals surface area contributed by atoms with Crippen molar-refractivity contribution in [2.45, 2.75) is 0 Å². The van der Waals surface area contributed by atoms with Gasteiger partial charge in [-0.05, 0) is 30.3 Å². The summed E-state index contributed by atoms with van der Waals surface area (Å²) < 4.78 is 7.46. The van der Waals surface area contributed by atoms with Crippen LogP contribution in [0.1, 0.15) is 5.56 Å². The SMILES string of the molecule is COc1ccccc1C=Nc1nc2ccc(Br)cc2s1. The number of rotatable bonds is 3. The van der Waals surface area contributed by atoms with Crippen LogP contribution in [0.3, 0.4) is 0 Å². The Bertz CT molecular complexity index is 782. The van der Waals surface area contributed by atoms with Crippen LogP contribution in [0, 0.1) is 0 Å². The zero-order valence-electron chi connectivity index (χ0n) is 10.7. The Morgan fingerprint density at radius 3 is 2.95 bits per heavy atom. The number of para-hydroxylation sites is 1. The number of fused-ring (bicyclic) bond motifs is 1. The predicted octanol–water partition coefficient (Wildman–Crippen LogP) is 4.82. The van der Waals surface area contributed by atoms with E-state index in [1.807, 2.05) is 36.4 Å². The van der Waals surface area contributed by atoms with Crippen molar-refractivity contribution in [3.8, 4) is 5.75 Å². The molecule has 0 aliphatic heterocycles. The monoisotopic (exact) mass is 346 g/mol. The highest BCUT2D eigenvalue weighted by Crippen LogP contribution is 2.30. The van der Waals surface area contributed by atoms with Crippen LogP contribution in [0.4, 0.5) is 5.13 Å². The van der Waals surface area contributed by atoms with E-state index in [2.05, 4.69) is 32.0 Å². The zero-order chi connectivity index (χ0) is 13.9. The number of aromatic nitrogens is 1. The molecule has 0 saturated heterocycles. The summed E-state index contributed by atoms with van der Waals surface area (Å²) in [5, 5.41) is 0.740. The van der Waals surface area contributed by atoms with Gasteiger partial charge in [0.2, 0.25) is 5.13 Å². The maximum absolute atomic E-state index is 5.29. The first-order chi connectivity index (χ1) is 9.76. The predicted molar refractivity (Wildman–Crippen MR) is 87.6 cm³/mol. The van der Waals surface area contributed by atoms with Crippen molar-refractivity contribution >= 4 is 48.8 Å². The minimum atomic E-state index is 0.740. The minimum Gasteiger partial charge on any atom is -0.496 e. The third-order valence-corrected chi connectivity index (χ3v) is 4.21. The molecule has 3 aromatic rings. The summed E-state index contributed by atoms with van der Waals surface area (Å²) in [7, 11) is 1.65. The number of aliphatic imine (C=N–C) groups is 1. The second-order valence-corrected chi connectivity index (χ2v) is 6.03. The van der Waals surface area contributed by atoms with Gasteiger partial charge in [-0.15, -0.1) is 0 Å². The fraction of sp³-hybridized carbons (Fsp3) is 0.0667. The van der Waals surface area contributed by atoms with Crippen LogP contribution in [-0.2, 0) is 0 Å². The lowest BCUT2D eigenvalue weighted by molar-refractivity contribution is 0.414. The highest BCUT2D eigenvalue weighted by atomic mass is 79.9. The van der Waals surface area contributed by atoms with Crippen molar-refractivity contribution in [2.75, 3.05) is 7.11 Å². The molecule has 3 rings (SSSR count). The van der Waals surface area contributed by atoms with Gasteiger partial charge in [0.05, 0.1) is 17.3 Å². The number of halogens is 1. The van der Waals surface area contributed by atoms with Crippen LogP contribution >= 0.6 is 27.3 Å². The normalized spacial score (nSPS) is 11.3. The quantitative estimate of drug-likeness (QED) is 0.637. The number of nitrogens with zero attached hydrogens (tertiary/aromatic N) is 2. The average molecular weight is 347 g/mol. The molecule has 100 valence electrons. The molecule has 2 aromatic carbocycles. The van der Waals surface area contributed by atoms with E-state index in [-0.39, 0.29) is 0 Å². The standard InChI is InChI=1S/C15H11BrN2OS/c1-19-13-5-3-2-4-10(13)9-17-15-18-12-7-6-11(16)8-14(12)20-15/h2-9H,1H3. The summed E-state index contributed by atoms with van der Waals surface area (Å²) in [6.45, 7) is 0. The molecule has 0 atom stereocenters. The van der Waals surface area contributed by atoms with Gasteiger partial charge in [-0.3, -0.25) is 0 Å². The first-order valence-electron chi connectivity index (χ1n) is 5.99. The van der Waals surface area contributed by atoms with Crippen molar-refractivity contribution in [1.29, 1.82) is 0 Å². The molecule has 0 N–H and O–H groups in total. The first-order valence-corrected chi connectivity index (χ1v) is 7.60. The maximum atomic E-state index is 5.29. The highest BCUT2D eigenvalue weighted by Gasteiger charge is 2.03. The molecule has 3 nitrogen and oxygen atoms in total. The van der Waals surface area contributed by atoms with Crippen LogP contribution in [0.15, 0.2) is 51.9 Å². The van der Waals surface area contributed by atoms with Crippen LogP contribution in [0.5, 0.6) is 5.75 Å². The van der Waals surface area contributed by atoms with Gasteiger partial charge in [0.15, 0.2) is 0 Å². The van der Waals surface area contributed by atoms with E-state index >= 15 is 0 Å².